The van der Waals surface area contributed by atoms with Crippen molar-refractivity contribution in [2.45, 2.75) is 11.5 Å². The van der Waals surface area contributed by atoms with Crippen molar-refractivity contribution in [3.8, 4) is 44.9 Å². The summed E-state index contributed by atoms with van der Waals surface area (Å²) in [4.78, 5) is 5.22. The van der Waals surface area contributed by atoms with Crippen LogP contribution in [-0.2, 0) is 5.41 Å². The highest BCUT2D eigenvalue weighted by Crippen LogP contribution is 2.62. The summed E-state index contributed by atoms with van der Waals surface area (Å²) in [5, 5.41) is 6.09. The zero-order valence-electron chi connectivity index (χ0n) is 32.7. The van der Waals surface area contributed by atoms with Gasteiger partial charge in [0.05, 0.1) is 17.2 Å². The molecule has 12 rings (SSSR count). The number of para-hydroxylation sites is 2. The summed E-state index contributed by atoms with van der Waals surface area (Å²) in [5.74, 6) is 2.68. The molecule has 0 amide bonds. The van der Waals surface area contributed by atoms with E-state index in [4.69, 9.17) is 9.73 Å². The molecule has 9 aromatic carbocycles. The van der Waals surface area contributed by atoms with Crippen LogP contribution >= 0.6 is 0 Å². The van der Waals surface area contributed by atoms with Crippen LogP contribution in [0.3, 0.4) is 0 Å². The van der Waals surface area contributed by atoms with E-state index < -0.39 is 5.41 Å². The molecule has 3 aliphatic rings. The minimum absolute atomic E-state index is 0.0421. The molecule has 1 atom stereocenters. The Morgan fingerprint density at radius 1 is 0.400 bits per heavy atom. The normalized spacial score (nSPS) is 15.4. The maximum absolute atomic E-state index is 6.57. The Labute approximate surface area is 349 Å². The number of rotatable bonds is 5. The molecule has 282 valence electrons. The summed E-state index contributed by atoms with van der Waals surface area (Å²) in [6, 6.07) is 76.4. The SMILES string of the molecule is C1=C(c2ccc3cc(-c4ccc5c(c4)C4(c6ccccc6Oc6ccccc64)c4ccccc4-5)ccc3c2)N=C(c2ccccc2)NC1c1ccc(-c2ccccc2)cc1. The van der Waals surface area contributed by atoms with Gasteiger partial charge < -0.3 is 10.1 Å². The minimum Gasteiger partial charge on any atom is -0.457 e. The lowest BCUT2D eigenvalue weighted by Crippen LogP contribution is -2.32. The monoisotopic (exact) mass is 766 g/mol. The van der Waals surface area contributed by atoms with Crippen molar-refractivity contribution in [2.75, 3.05) is 0 Å². The standard InChI is InChI=1S/C57H38N2O/c1-3-13-37(14-4-1)38-23-25-39(26-24-38)52-36-53(59-56(58-52)40-15-5-2-6-16-40)45-30-29-41-33-42(27-28-43(41)34-45)44-31-32-47-46-17-7-8-18-48(46)57(51(47)35-44)49-19-9-11-21-54(49)60-55-22-12-10-20-50(55)57/h1-36,52H,(H,58,59). The Bertz CT molecular complexity index is 3150. The van der Waals surface area contributed by atoms with Gasteiger partial charge in [-0.2, -0.15) is 0 Å². The molecule has 2 aliphatic heterocycles. The molecule has 0 aromatic heterocycles. The Hall–Kier alpha value is -7.75. The number of fused-ring (bicyclic) bond motifs is 10. The third-order valence-electron chi connectivity index (χ3n) is 12.6. The molecule has 1 unspecified atom stereocenters. The van der Waals surface area contributed by atoms with E-state index >= 15 is 0 Å². The molecule has 9 aromatic rings. The molecule has 3 heteroatoms. The van der Waals surface area contributed by atoms with Crippen LogP contribution in [0.2, 0.25) is 0 Å². The van der Waals surface area contributed by atoms with Crippen molar-refractivity contribution in [1.29, 1.82) is 0 Å². The van der Waals surface area contributed by atoms with E-state index in [0.717, 1.165) is 34.2 Å². The van der Waals surface area contributed by atoms with Gasteiger partial charge in [0.2, 0.25) is 0 Å². The lowest BCUT2D eigenvalue weighted by Gasteiger charge is -2.39. The summed E-state index contributed by atoms with van der Waals surface area (Å²) in [6.45, 7) is 0. The fourth-order valence-corrected chi connectivity index (χ4v) is 9.75. The van der Waals surface area contributed by atoms with Crippen LogP contribution in [0.4, 0.5) is 0 Å². The fourth-order valence-electron chi connectivity index (χ4n) is 9.75. The van der Waals surface area contributed by atoms with Crippen LogP contribution in [0.1, 0.15) is 45.0 Å². The number of hydrogen-bond acceptors (Lipinski definition) is 3. The molecule has 1 aliphatic carbocycles. The van der Waals surface area contributed by atoms with Crippen molar-refractivity contribution in [3.63, 3.8) is 0 Å². The van der Waals surface area contributed by atoms with Crippen molar-refractivity contribution < 1.29 is 4.74 Å². The molecule has 60 heavy (non-hydrogen) atoms. The number of nitrogens with one attached hydrogen (secondary N) is 1. The van der Waals surface area contributed by atoms with Crippen LogP contribution in [0, 0.1) is 0 Å². The molecule has 0 radical (unpaired) electrons. The lowest BCUT2D eigenvalue weighted by atomic mass is 9.66. The van der Waals surface area contributed by atoms with Gasteiger partial charge in [0.15, 0.2) is 0 Å². The van der Waals surface area contributed by atoms with E-state index in [1.54, 1.807) is 0 Å². The van der Waals surface area contributed by atoms with Gasteiger partial charge in [-0.1, -0.05) is 182 Å². The Kier molecular flexibility index (Phi) is 7.82. The van der Waals surface area contributed by atoms with Crippen molar-refractivity contribution in [2.24, 2.45) is 4.99 Å². The first kappa shape index (κ1) is 34.3. The van der Waals surface area contributed by atoms with Gasteiger partial charge in [0.25, 0.3) is 0 Å². The van der Waals surface area contributed by atoms with Gasteiger partial charge in [-0.05, 0) is 97.3 Å². The number of ether oxygens (including phenoxy) is 1. The van der Waals surface area contributed by atoms with Crippen LogP contribution in [0.25, 0.3) is 49.9 Å². The van der Waals surface area contributed by atoms with Crippen LogP contribution < -0.4 is 10.1 Å². The molecule has 0 saturated heterocycles. The average molecular weight is 767 g/mol. The third kappa shape index (κ3) is 5.40. The highest BCUT2D eigenvalue weighted by molar-refractivity contribution is 6.04. The van der Waals surface area contributed by atoms with E-state index in [9.17, 15) is 0 Å². The van der Waals surface area contributed by atoms with E-state index in [1.165, 1.54) is 72.0 Å². The van der Waals surface area contributed by atoms with Crippen molar-refractivity contribution in [1.82, 2.24) is 5.32 Å². The molecular formula is C57H38N2O. The quantitative estimate of drug-likeness (QED) is 0.189. The van der Waals surface area contributed by atoms with E-state index in [2.05, 4.69) is 218 Å². The zero-order chi connectivity index (χ0) is 39.6. The molecule has 2 heterocycles. The number of amidine groups is 1. The van der Waals surface area contributed by atoms with E-state index in [0.29, 0.717) is 0 Å². The first-order chi connectivity index (χ1) is 29.7. The van der Waals surface area contributed by atoms with Crippen LogP contribution in [0.5, 0.6) is 11.5 Å². The van der Waals surface area contributed by atoms with Crippen LogP contribution in [-0.4, -0.2) is 5.84 Å². The van der Waals surface area contributed by atoms with Gasteiger partial charge in [0.1, 0.15) is 17.3 Å². The molecule has 1 spiro atoms. The lowest BCUT2D eigenvalue weighted by molar-refractivity contribution is 0.436. The molecule has 0 bridgehead atoms. The second-order valence-corrected chi connectivity index (χ2v) is 15.9. The molecule has 1 N–H and O–H groups in total. The zero-order valence-corrected chi connectivity index (χ0v) is 32.7. The largest absolute Gasteiger partial charge is 0.457 e. The first-order valence-electron chi connectivity index (χ1n) is 20.6. The number of aliphatic imine (C=N–C) groups is 1. The summed E-state index contributed by atoms with van der Waals surface area (Å²) < 4.78 is 6.57. The highest BCUT2D eigenvalue weighted by atomic mass is 16.5. The second-order valence-electron chi connectivity index (χ2n) is 15.9. The minimum atomic E-state index is -0.497. The second kappa shape index (κ2) is 13.7. The number of hydrogen-bond donors (Lipinski definition) is 1. The topological polar surface area (TPSA) is 33.6 Å². The number of benzene rings is 9. The third-order valence-corrected chi connectivity index (χ3v) is 12.6. The van der Waals surface area contributed by atoms with E-state index in [1.807, 2.05) is 6.07 Å². The summed E-state index contributed by atoms with van der Waals surface area (Å²) in [7, 11) is 0. The van der Waals surface area contributed by atoms with Gasteiger partial charge in [0, 0.05) is 22.3 Å². The van der Waals surface area contributed by atoms with Gasteiger partial charge >= 0.3 is 0 Å². The van der Waals surface area contributed by atoms with Crippen LogP contribution in [0.15, 0.2) is 223 Å². The first-order valence-corrected chi connectivity index (χ1v) is 20.6. The molecule has 0 saturated carbocycles. The van der Waals surface area contributed by atoms with Gasteiger partial charge in [-0.15, -0.1) is 0 Å². The van der Waals surface area contributed by atoms with E-state index in [-0.39, 0.29) is 6.04 Å². The maximum atomic E-state index is 6.57. The Morgan fingerprint density at radius 3 is 1.63 bits per heavy atom. The maximum Gasteiger partial charge on any atom is 0.134 e. The molecular weight excluding hydrogens is 729 g/mol. The molecule has 3 nitrogen and oxygen atoms in total. The predicted octanol–water partition coefficient (Wildman–Crippen LogP) is 13.8. The summed E-state index contributed by atoms with van der Waals surface area (Å²) in [5.41, 5.74) is 16.1. The predicted molar refractivity (Wildman–Crippen MR) is 245 cm³/mol. The summed E-state index contributed by atoms with van der Waals surface area (Å²) >= 11 is 0. The van der Waals surface area contributed by atoms with Gasteiger partial charge in [-0.25, -0.2) is 4.99 Å². The number of nitrogens with zero attached hydrogens (tertiary/aromatic N) is 1. The van der Waals surface area contributed by atoms with Gasteiger partial charge in [-0.3, -0.25) is 0 Å². The Morgan fingerprint density at radius 2 is 0.917 bits per heavy atom. The summed E-state index contributed by atoms with van der Waals surface area (Å²) in [6.07, 6.45) is 2.25. The molecule has 0 fully saturated rings. The fraction of sp³-hybridized carbons (Fsp3) is 0.0351. The van der Waals surface area contributed by atoms with Crippen molar-refractivity contribution in [3.05, 3.63) is 257 Å². The average Bonchev–Trinajstić information content (AvgIpc) is 3.61. The Balaban J connectivity index is 0.934. The van der Waals surface area contributed by atoms with Crippen molar-refractivity contribution >= 4 is 22.3 Å². The highest BCUT2D eigenvalue weighted by Gasteiger charge is 2.51. The smallest absolute Gasteiger partial charge is 0.134 e.